The molecule has 2 N–H and O–H groups in total. The van der Waals surface area contributed by atoms with Crippen LogP contribution in [0.5, 0.6) is 0 Å². The molecule has 1 aromatic carbocycles. The number of aliphatic hydroxyl groups is 1. The van der Waals surface area contributed by atoms with Gasteiger partial charge in [0.25, 0.3) is 0 Å². The lowest BCUT2D eigenvalue weighted by molar-refractivity contribution is 0.0217. The summed E-state index contributed by atoms with van der Waals surface area (Å²) in [6.07, 6.45) is 3.04. The number of carboxylic acid groups (broad SMARTS) is 1. The smallest absolute Gasteiger partial charge is 0.335 e. The van der Waals surface area contributed by atoms with Crippen LogP contribution in [0, 0.1) is 5.41 Å². The fourth-order valence-corrected chi connectivity index (χ4v) is 3.36. The summed E-state index contributed by atoms with van der Waals surface area (Å²) in [5.41, 5.74) is 0.908. The first-order valence-electron chi connectivity index (χ1n) is 8.55. The van der Waals surface area contributed by atoms with Crippen molar-refractivity contribution in [1.29, 1.82) is 0 Å². The summed E-state index contributed by atoms with van der Waals surface area (Å²) in [4.78, 5) is 17.6. The maximum atomic E-state index is 10.9. The molecule has 1 fully saturated rings. The molecule has 1 aromatic heterocycles. The highest BCUT2D eigenvalue weighted by atomic mass is 16.5. The Morgan fingerprint density at radius 1 is 1.36 bits per heavy atom. The van der Waals surface area contributed by atoms with E-state index in [1.807, 2.05) is 0 Å². The van der Waals surface area contributed by atoms with Crippen molar-refractivity contribution in [3.8, 4) is 11.4 Å². The first-order chi connectivity index (χ1) is 12.0. The van der Waals surface area contributed by atoms with Gasteiger partial charge < -0.3 is 14.7 Å². The van der Waals surface area contributed by atoms with Crippen LogP contribution in [0.15, 0.2) is 28.8 Å². The van der Waals surface area contributed by atoms with Crippen LogP contribution in [0.3, 0.4) is 0 Å². The standard InChI is InChI=1S/C18H23N3O4/c1-2-18(12-22)8-3-9-21(11-18)10-15-19-16(20-25-15)13-4-6-14(7-5-13)17(23)24/h4-7,22H,2-3,8-12H2,1H3,(H,23,24). The Balaban J connectivity index is 1.68. The van der Waals surface area contributed by atoms with E-state index in [9.17, 15) is 9.90 Å². The van der Waals surface area contributed by atoms with Crippen molar-refractivity contribution in [2.45, 2.75) is 32.7 Å². The third-order valence-electron chi connectivity index (χ3n) is 5.04. The van der Waals surface area contributed by atoms with Crippen LogP contribution in [0.2, 0.25) is 0 Å². The largest absolute Gasteiger partial charge is 0.478 e. The molecule has 134 valence electrons. The summed E-state index contributed by atoms with van der Waals surface area (Å²) in [5.74, 6) is 0.0174. The van der Waals surface area contributed by atoms with Gasteiger partial charge in [-0.25, -0.2) is 4.79 Å². The van der Waals surface area contributed by atoms with Gasteiger partial charge in [-0.2, -0.15) is 4.98 Å². The molecule has 3 rings (SSSR count). The minimum absolute atomic E-state index is 0.0340. The number of nitrogens with zero attached hydrogens (tertiary/aromatic N) is 3. The predicted octanol–water partition coefficient (Wildman–Crippen LogP) is 2.42. The maximum Gasteiger partial charge on any atom is 0.335 e. The Morgan fingerprint density at radius 2 is 2.12 bits per heavy atom. The van der Waals surface area contributed by atoms with E-state index in [1.54, 1.807) is 12.1 Å². The van der Waals surface area contributed by atoms with Gasteiger partial charge in [0.05, 0.1) is 12.1 Å². The Labute approximate surface area is 146 Å². The SMILES string of the molecule is CCC1(CO)CCCN(Cc2nc(-c3ccc(C(=O)O)cc3)no2)C1. The zero-order chi connectivity index (χ0) is 17.9. The lowest BCUT2D eigenvalue weighted by Gasteiger charge is -2.40. The number of carbonyl (C=O) groups is 1. The van der Waals surface area contributed by atoms with Gasteiger partial charge in [-0.1, -0.05) is 24.2 Å². The number of hydrogen-bond donors (Lipinski definition) is 2. The molecule has 0 bridgehead atoms. The molecule has 0 saturated carbocycles. The van der Waals surface area contributed by atoms with Crippen LogP contribution in [0.4, 0.5) is 0 Å². The van der Waals surface area contributed by atoms with E-state index in [1.165, 1.54) is 12.1 Å². The molecule has 1 aliphatic rings. The lowest BCUT2D eigenvalue weighted by Crippen LogP contribution is -2.44. The highest BCUT2D eigenvalue weighted by molar-refractivity contribution is 5.88. The van der Waals surface area contributed by atoms with Crippen molar-refractivity contribution in [3.05, 3.63) is 35.7 Å². The number of hydrogen-bond acceptors (Lipinski definition) is 6. The Bertz CT molecular complexity index is 722. The number of piperidine rings is 1. The Hall–Kier alpha value is -2.25. The molecule has 25 heavy (non-hydrogen) atoms. The topological polar surface area (TPSA) is 99.7 Å². The van der Waals surface area contributed by atoms with E-state index in [4.69, 9.17) is 9.63 Å². The molecular weight excluding hydrogens is 322 g/mol. The second-order valence-electron chi connectivity index (χ2n) is 6.72. The highest BCUT2D eigenvalue weighted by Gasteiger charge is 2.33. The number of aromatic carboxylic acids is 1. The van der Waals surface area contributed by atoms with Gasteiger partial charge in [0.1, 0.15) is 0 Å². The molecule has 1 saturated heterocycles. The fraction of sp³-hybridized carbons (Fsp3) is 0.500. The molecule has 1 unspecified atom stereocenters. The van der Waals surface area contributed by atoms with E-state index in [2.05, 4.69) is 22.0 Å². The summed E-state index contributed by atoms with van der Waals surface area (Å²) in [7, 11) is 0. The fourth-order valence-electron chi connectivity index (χ4n) is 3.36. The van der Waals surface area contributed by atoms with Gasteiger partial charge in [-0.05, 0) is 37.9 Å². The summed E-state index contributed by atoms with van der Waals surface area (Å²) in [6, 6.07) is 6.39. The van der Waals surface area contributed by atoms with E-state index in [0.29, 0.717) is 18.3 Å². The van der Waals surface area contributed by atoms with E-state index >= 15 is 0 Å². The zero-order valence-corrected chi connectivity index (χ0v) is 14.3. The first-order valence-corrected chi connectivity index (χ1v) is 8.55. The average molecular weight is 345 g/mol. The van der Waals surface area contributed by atoms with Crippen LogP contribution in [0.1, 0.15) is 42.4 Å². The summed E-state index contributed by atoms with van der Waals surface area (Å²) in [5, 5.41) is 22.7. The van der Waals surface area contributed by atoms with Crippen molar-refractivity contribution in [2.24, 2.45) is 5.41 Å². The molecule has 0 radical (unpaired) electrons. The molecular formula is C18H23N3O4. The van der Waals surface area contributed by atoms with Crippen molar-refractivity contribution in [3.63, 3.8) is 0 Å². The zero-order valence-electron chi connectivity index (χ0n) is 14.3. The molecule has 0 amide bonds. The van der Waals surface area contributed by atoms with Gasteiger partial charge in [0.15, 0.2) is 0 Å². The van der Waals surface area contributed by atoms with Gasteiger partial charge >= 0.3 is 5.97 Å². The van der Waals surface area contributed by atoms with Crippen molar-refractivity contribution < 1.29 is 19.5 Å². The molecule has 1 aliphatic heterocycles. The number of benzene rings is 1. The second-order valence-corrected chi connectivity index (χ2v) is 6.72. The average Bonchev–Trinajstić information content (AvgIpc) is 3.10. The third kappa shape index (κ3) is 3.88. The Kier molecular flexibility index (Phi) is 5.15. The van der Waals surface area contributed by atoms with Gasteiger partial charge in [-0.3, -0.25) is 4.90 Å². The number of rotatable bonds is 6. The normalized spacial score (nSPS) is 21.4. The van der Waals surface area contributed by atoms with Crippen LogP contribution < -0.4 is 0 Å². The predicted molar refractivity (Wildman–Crippen MR) is 91.0 cm³/mol. The second kappa shape index (κ2) is 7.33. The van der Waals surface area contributed by atoms with Crippen molar-refractivity contribution >= 4 is 5.97 Å². The highest BCUT2D eigenvalue weighted by Crippen LogP contribution is 2.33. The van der Waals surface area contributed by atoms with Gasteiger partial charge in [-0.15, -0.1) is 0 Å². The molecule has 1 atom stereocenters. The monoisotopic (exact) mass is 345 g/mol. The molecule has 0 spiro atoms. The number of aromatic nitrogens is 2. The first kappa shape index (κ1) is 17.6. The maximum absolute atomic E-state index is 10.9. The Morgan fingerprint density at radius 3 is 2.76 bits per heavy atom. The van der Waals surface area contributed by atoms with E-state index in [-0.39, 0.29) is 17.6 Å². The minimum atomic E-state index is -0.964. The molecule has 2 heterocycles. The molecule has 0 aliphatic carbocycles. The minimum Gasteiger partial charge on any atom is -0.478 e. The van der Waals surface area contributed by atoms with E-state index in [0.717, 1.165) is 37.9 Å². The van der Waals surface area contributed by atoms with Gasteiger partial charge in [0, 0.05) is 24.1 Å². The third-order valence-corrected chi connectivity index (χ3v) is 5.04. The molecule has 7 nitrogen and oxygen atoms in total. The van der Waals surface area contributed by atoms with Crippen molar-refractivity contribution in [2.75, 3.05) is 19.7 Å². The summed E-state index contributed by atoms with van der Waals surface area (Å²) >= 11 is 0. The van der Waals surface area contributed by atoms with E-state index < -0.39 is 5.97 Å². The molecule has 2 aromatic rings. The van der Waals surface area contributed by atoms with Gasteiger partial charge in [0.2, 0.25) is 11.7 Å². The number of likely N-dealkylation sites (tertiary alicyclic amines) is 1. The molecule has 7 heteroatoms. The summed E-state index contributed by atoms with van der Waals surface area (Å²) in [6.45, 7) is 4.65. The lowest BCUT2D eigenvalue weighted by atomic mass is 9.78. The number of carboxylic acids is 1. The van der Waals surface area contributed by atoms with Crippen LogP contribution in [0.25, 0.3) is 11.4 Å². The van der Waals surface area contributed by atoms with Crippen LogP contribution >= 0.6 is 0 Å². The number of aliphatic hydroxyl groups excluding tert-OH is 1. The summed E-state index contributed by atoms with van der Waals surface area (Å²) < 4.78 is 5.35. The quantitative estimate of drug-likeness (QED) is 0.829. The van der Waals surface area contributed by atoms with Crippen LogP contribution in [-0.4, -0.2) is 50.9 Å². The van der Waals surface area contributed by atoms with Crippen molar-refractivity contribution in [1.82, 2.24) is 15.0 Å². The van der Waals surface area contributed by atoms with Crippen LogP contribution in [-0.2, 0) is 6.54 Å².